The molecule has 2 N–H and O–H groups in total. The second-order valence-electron chi connectivity index (χ2n) is 3.88. The average molecular weight is 248 g/mol. The summed E-state index contributed by atoms with van der Waals surface area (Å²) in [6.07, 6.45) is 1.93. The van der Waals surface area contributed by atoms with Crippen LogP contribution in [0.5, 0.6) is 5.75 Å². The lowest BCUT2D eigenvalue weighted by molar-refractivity contribution is 0.241. The van der Waals surface area contributed by atoms with Crippen molar-refractivity contribution in [3.63, 3.8) is 0 Å². The Morgan fingerprint density at radius 1 is 1.29 bits per heavy atom. The Balaban J connectivity index is 1.95. The van der Waals surface area contributed by atoms with Gasteiger partial charge in [0.25, 0.3) is 0 Å². The molecule has 0 aliphatic carbocycles. The number of nitrogens with zero attached hydrogens (tertiary/aromatic N) is 1. The number of nitrogens with two attached hydrogens (primary N) is 1. The molecule has 1 aromatic carbocycles. The van der Waals surface area contributed by atoms with E-state index in [1.54, 1.807) is 6.20 Å². The van der Waals surface area contributed by atoms with E-state index in [2.05, 4.69) is 5.16 Å². The molecule has 1 saturated heterocycles. The van der Waals surface area contributed by atoms with Crippen molar-refractivity contribution >= 4 is 17.6 Å². The molecule has 0 saturated carbocycles. The molecule has 0 atom stereocenters. The summed E-state index contributed by atoms with van der Waals surface area (Å²) >= 11 is 1.89. The minimum atomic E-state index is 0.308. The third-order valence-corrected chi connectivity index (χ3v) is 3.89. The number of benzene rings is 1. The van der Waals surface area contributed by atoms with Crippen molar-refractivity contribution in [2.75, 3.05) is 17.2 Å². The van der Waals surface area contributed by atoms with Gasteiger partial charge in [0.1, 0.15) is 11.9 Å². The zero-order valence-corrected chi connectivity index (χ0v) is 9.94. The molecule has 2 heterocycles. The Bertz CT molecular complexity index is 523. The normalized spacial score (nSPS) is 15.5. The summed E-state index contributed by atoms with van der Waals surface area (Å²) in [6.45, 7) is 0. The van der Waals surface area contributed by atoms with E-state index < -0.39 is 0 Å². The second-order valence-corrected chi connectivity index (χ2v) is 4.95. The Morgan fingerprint density at radius 3 is 2.76 bits per heavy atom. The summed E-state index contributed by atoms with van der Waals surface area (Å²) in [6, 6.07) is 7.81. The van der Waals surface area contributed by atoms with Crippen LogP contribution in [0.15, 0.2) is 35.0 Å². The van der Waals surface area contributed by atoms with E-state index >= 15 is 0 Å². The Hall–Kier alpha value is -1.62. The van der Waals surface area contributed by atoms with E-state index in [0.29, 0.717) is 12.0 Å². The molecule has 4 nitrogen and oxygen atoms in total. The molecule has 1 aliphatic rings. The van der Waals surface area contributed by atoms with Crippen LogP contribution in [-0.2, 0) is 0 Å². The lowest BCUT2D eigenvalue weighted by Crippen LogP contribution is -2.31. The predicted octanol–water partition coefficient (Wildman–Crippen LogP) is 2.42. The first kappa shape index (κ1) is 10.5. The molecular formula is C12H12N2O2S. The number of anilines is 1. The number of para-hydroxylation sites is 1. The fourth-order valence-corrected chi connectivity index (χ4v) is 2.27. The van der Waals surface area contributed by atoms with Crippen molar-refractivity contribution in [2.24, 2.45) is 0 Å². The summed E-state index contributed by atoms with van der Waals surface area (Å²) in [4.78, 5) is 0. The fourth-order valence-electron chi connectivity index (χ4n) is 1.70. The van der Waals surface area contributed by atoms with Gasteiger partial charge < -0.3 is 15.0 Å². The molecule has 0 amide bonds. The number of nitrogen functional groups attached to an aromatic ring is 1. The lowest BCUT2D eigenvalue weighted by atomic mass is 10.1. The maximum atomic E-state index is 5.91. The third-order valence-electron chi connectivity index (χ3n) is 2.68. The molecule has 1 fully saturated rings. The molecule has 88 valence electrons. The predicted molar refractivity (Wildman–Crippen MR) is 68.1 cm³/mol. The first-order valence-corrected chi connectivity index (χ1v) is 6.54. The Labute approximate surface area is 103 Å². The van der Waals surface area contributed by atoms with Crippen LogP contribution in [0.2, 0.25) is 0 Å². The summed E-state index contributed by atoms with van der Waals surface area (Å²) in [5.74, 6) is 3.26. The van der Waals surface area contributed by atoms with Gasteiger partial charge in [0.2, 0.25) is 5.88 Å². The number of thioether (sulfide) groups is 1. The minimum Gasteiger partial charge on any atom is -0.488 e. The SMILES string of the molecule is Nc1oncc1-c1ccccc1OC1CSC1. The minimum absolute atomic E-state index is 0.308. The van der Waals surface area contributed by atoms with E-state index in [1.165, 1.54) is 0 Å². The van der Waals surface area contributed by atoms with Crippen LogP contribution < -0.4 is 10.5 Å². The maximum absolute atomic E-state index is 5.91. The van der Waals surface area contributed by atoms with Crippen LogP contribution in [-0.4, -0.2) is 22.8 Å². The van der Waals surface area contributed by atoms with Gasteiger partial charge in [-0.05, 0) is 6.07 Å². The maximum Gasteiger partial charge on any atom is 0.230 e. The number of hydrogen-bond donors (Lipinski definition) is 1. The lowest BCUT2D eigenvalue weighted by Gasteiger charge is -2.26. The van der Waals surface area contributed by atoms with Crippen LogP contribution in [0.1, 0.15) is 0 Å². The van der Waals surface area contributed by atoms with Crippen molar-refractivity contribution in [1.82, 2.24) is 5.16 Å². The first-order valence-electron chi connectivity index (χ1n) is 5.38. The molecule has 5 heteroatoms. The zero-order valence-electron chi connectivity index (χ0n) is 9.13. The van der Waals surface area contributed by atoms with E-state index in [1.807, 2.05) is 36.0 Å². The van der Waals surface area contributed by atoms with Gasteiger partial charge in [0.15, 0.2) is 0 Å². The summed E-state index contributed by atoms with van der Waals surface area (Å²) in [7, 11) is 0. The van der Waals surface area contributed by atoms with Crippen LogP contribution in [0.25, 0.3) is 11.1 Å². The molecule has 17 heavy (non-hydrogen) atoms. The monoisotopic (exact) mass is 248 g/mol. The number of rotatable bonds is 3. The van der Waals surface area contributed by atoms with Gasteiger partial charge in [-0.3, -0.25) is 0 Å². The number of hydrogen-bond acceptors (Lipinski definition) is 5. The highest BCUT2D eigenvalue weighted by atomic mass is 32.2. The van der Waals surface area contributed by atoms with Crippen molar-refractivity contribution in [2.45, 2.75) is 6.10 Å². The van der Waals surface area contributed by atoms with Crippen molar-refractivity contribution in [1.29, 1.82) is 0 Å². The topological polar surface area (TPSA) is 61.3 Å². The number of ether oxygens (including phenoxy) is 1. The number of aromatic nitrogens is 1. The van der Waals surface area contributed by atoms with E-state index in [0.717, 1.165) is 28.4 Å². The molecule has 0 spiro atoms. The van der Waals surface area contributed by atoms with E-state index in [4.69, 9.17) is 15.0 Å². The van der Waals surface area contributed by atoms with Gasteiger partial charge in [-0.1, -0.05) is 23.4 Å². The molecule has 2 aromatic rings. The molecule has 0 radical (unpaired) electrons. The van der Waals surface area contributed by atoms with Gasteiger partial charge in [-0.15, -0.1) is 0 Å². The van der Waals surface area contributed by atoms with Crippen LogP contribution in [0, 0.1) is 0 Å². The summed E-state index contributed by atoms with van der Waals surface area (Å²) in [5.41, 5.74) is 7.45. The smallest absolute Gasteiger partial charge is 0.230 e. The van der Waals surface area contributed by atoms with E-state index in [9.17, 15) is 0 Å². The van der Waals surface area contributed by atoms with Gasteiger partial charge in [-0.25, -0.2) is 0 Å². The molecule has 3 rings (SSSR count). The molecule has 1 aromatic heterocycles. The van der Waals surface area contributed by atoms with Crippen LogP contribution in [0.4, 0.5) is 5.88 Å². The first-order chi connectivity index (χ1) is 8.34. The molecule has 0 bridgehead atoms. The van der Waals surface area contributed by atoms with Gasteiger partial charge >= 0.3 is 0 Å². The van der Waals surface area contributed by atoms with Gasteiger partial charge in [0, 0.05) is 17.1 Å². The summed E-state index contributed by atoms with van der Waals surface area (Å²) in [5, 5.41) is 3.69. The molecule has 0 unspecified atom stereocenters. The highest BCUT2D eigenvalue weighted by Gasteiger charge is 2.22. The fraction of sp³-hybridized carbons (Fsp3) is 0.250. The second kappa shape index (κ2) is 4.33. The standard InChI is InChI=1S/C12H12N2O2S/c13-12-10(5-14-16-12)9-3-1-2-4-11(9)15-8-6-17-7-8/h1-5,8H,6-7,13H2. The van der Waals surface area contributed by atoms with Crippen LogP contribution in [0.3, 0.4) is 0 Å². The van der Waals surface area contributed by atoms with Crippen molar-refractivity contribution in [3.05, 3.63) is 30.5 Å². The average Bonchev–Trinajstić information content (AvgIpc) is 2.70. The van der Waals surface area contributed by atoms with Gasteiger partial charge in [0.05, 0.1) is 11.8 Å². The Morgan fingerprint density at radius 2 is 2.12 bits per heavy atom. The highest BCUT2D eigenvalue weighted by molar-refractivity contribution is 8.00. The largest absolute Gasteiger partial charge is 0.488 e. The van der Waals surface area contributed by atoms with E-state index in [-0.39, 0.29) is 0 Å². The quantitative estimate of drug-likeness (QED) is 0.903. The van der Waals surface area contributed by atoms with Crippen molar-refractivity contribution in [3.8, 4) is 16.9 Å². The highest BCUT2D eigenvalue weighted by Crippen LogP contribution is 2.35. The zero-order chi connectivity index (χ0) is 11.7. The van der Waals surface area contributed by atoms with Crippen LogP contribution >= 0.6 is 11.8 Å². The third kappa shape index (κ3) is 1.98. The molecular weight excluding hydrogens is 236 g/mol. The summed E-state index contributed by atoms with van der Waals surface area (Å²) < 4.78 is 10.8. The van der Waals surface area contributed by atoms with Gasteiger partial charge in [-0.2, -0.15) is 11.8 Å². The molecule has 1 aliphatic heterocycles. The van der Waals surface area contributed by atoms with Crippen molar-refractivity contribution < 1.29 is 9.26 Å². The Kier molecular flexibility index (Phi) is 2.68.